The molecule has 4 heteroatoms. The van der Waals surface area contributed by atoms with Crippen molar-refractivity contribution < 1.29 is 14.2 Å². The molecule has 0 saturated carbocycles. The van der Waals surface area contributed by atoms with Crippen molar-refractivity contribution in [2.24, 2.45) is 0 Å². The molecule has 0 saturated heterocycles. The Labute approximate surface area is 175 Å². The molecule has 3 rings (SSSR count). The molecule has 0 spiro atoms. The van der Waals surface area contributed by atoms with Gasteiger partial charge in [0.15, 0.2) is 0 Å². The van der Waals surface area contributed by atoms with E-state index in [1.165, 1.54) is 0 Å². The number of hydrogen-bond acceptors (Lipinski definition) is 3. The zero-order valence-electron chi connectivity index (χ0n) is 17.3. The van der Waals surface area contributed by atoms with Gasteiger partial charge in [0.05, 0.1) is 28.2 Å². The Balaban J connectivity index is 2.24. The molecule has 0 heterocycles. The van der Waals surface area contributed by atoms with Crippen LogP contribution in [0.5, 0.6) is 11.5 Å². The minimum atomic E-state index is -0.783. The maximum atomic E-state index is 6.82. The van der Waals surface area contributed by atoms with Gasteiger partial charge in [0, 0.05) is 0 Å². The average molecular weight is 386 g/mol. The molecule has 0 N–H and O–H groups in total. The second-order valence-corrected chi connectivity index (χ2v) is 7.01. The average Bonchev–Trinajstić information content (AvgIpc) is 2.78. The number of methoxy groups -OCH3 is 2. The van der Waals surface area contributed by atoms with Crippen molar-refractivity contribution in [1.29, 1.82) is 0 Å². The third kappa shape index (κ3) is 4.49. The topological polar surface area (TPSA) is 27.7 Å². The standard InChI is InChI=1S/C25H27BO3/c1-19(17-18-26)29-25(20-7-5-4-6-8-20,21-9-13-23(27-2)14-10-21)22-11-15-24(28-3)16-12-22/h4-16,19H,17-18H2,1-3H3. The molecule has 0 aliphatic carbocycles. The van der Waals surface area contributed by atoms with Gasteiger partial charge in [-0.05, 0) is 54.3 Å². The summed E-state index contributed by atoms with van der Waals surface area (Å²) < 4.78 is 17.6. The fraction of sp³-hybridized carbons (Fsp3) is 0.280. The highest BCUT2D eigenvalue weighted by atomic mass is 16.5. The molecule has 0 bridgehead atoms. The van der Waals surface area contributed by atoms with Crippen LogP contribution in [0.3, 0.4) is 0 Å². The SMILES string of the molecule is [B]CCC(C)OC(c1ccccc1)(c1ccc(OC)cc1)c1ccc(OC)cc1. The molecule has 0 aliphatic rings. The van der Waals surface area contributed by atoms with E-state index in [2.05, 4.69) is 43.3 Å². The Morgan fingerprint density at radius 3 is 1.59 bits per heavy atom. The summed E-state index contributed by atoms with van der Waals surface area (Å²) in [5.41, 5.74) is 2.32. The number of ether oxygens (including phenoxy) is 3. The quantitative estimate of drug-likeness (QED) is 0.365. The Bertz CT molecular complexity index is 829. The van der Waals surface area contributed by atoms with Crippen LogP contribution in [0.1, 0.15) is 30.0 Å². The first-order chi connectivity index (χ1) is 14.1. The maximum Gasteiger partial charge on any atom is 0.144 e. The first-order valence-electron chi connectivity index (χ1n) is 9.86. The van der Waals surface area contributed by atoms with Crippen LogP contribution < -0.4 is 9.47 Å². The van der Waals surface area contributed by atoms with E-state index in [1.807, 2.05) is 42.5 Å². The molecule has 2 radical (unpaired) electrons. The summed E-state index contributed by atoms with van der Waals surface area (Å²) in [5, 5.41) is 0. The van der Waals surface area contributed by atoms with Crippen molar-refractivity contribution in [3.63, 3.8) is 0 Å². The predicted molar refractivity (Wildman–Crippen MR) is 118 cm³/mol. The molecular weight excluding hydrogens is 359 g/mol. The lowest BCUT2D eigenvalue weighted by atomic mass is 9.79. The van der Waals surface area contributed by atoms with Crippen LogP contribution >= 0.6 is 0 Å². The van der Waals surface area contributed by atoms with Crippen molar-refractivity contribution >= 4 is 7.85 Å². The molecule has 0 aliphatic heterocycles. The van der Waals surface area contributed by atoms with E-state index < -0.39 is 5.60 Å². The normalized spacial score (nSPS) is 12.4. The maximum absolute atomic E-state index is 6.82. The van der Waals surface area contributed by atoms with Gasteiger partial charge in [-0.2, -0.15) is 0 Å². The van der Waals surface area contributed by atoms with E-state index in [0.29, 0.717) is 6.32 Å². The largest absolute Gasteiger partial charge is 0.497 e. The minimum absolute atomic E-state index is 0.0376. The van der Waals surface area contributed by atoms with Gasteiger partial charge < -0.3 is 14.2 Å². The van der Waals surface area contributed by atoms with Gasteiger partial charge in [-0.15, -0.1) is 0 Å². The molecule has 148 valence electrons. The van der Waals surface area contributed by atoms with Crippen molar-refractivity contribution in [3.05, 3.63) is 95.6 Å². The fourth-order valence-corrected chi connectivity index (χ4v) is 3.62. The molecule has 0 fully saturated rings. The van der Waals surface area contributed by atoms with Crippen molar-refractivity contribution in [2.75, 3.05) is 14.2 Å². The first kappa shape index (κ1) is 21.0. The lowest BCUT2D eigenvalue weighted by molar-refractivity contribution is -0.0396. The summed E-state index contributed by atoms with van der Waals surface area (Å²) >= 11 is 0. The molecule has 3 aromatic rings. The summed E-state index contributed by atoms with van der Waals surface area (Å²) in [7, 11) is 9.17. The summed E-state index contributed by atoms with van der Waals surface area (Å²) in [4.78, 5) is 0. The molecule has 3 nitrogen and oxygen atoms in total. The van der Waals surface area contributed by atoms with E-state index in [4.69, 9.17) is 22.1 Å². The molecule has 0 aromatic heterocycles. The fourth-order valence-electron chi connectivity index (χ4n) is 3.62. The lowest BCUT2D eigenvalue weighted by Gasteiger charge is -2.38. The second-order valence-electron chi connectivity index (χ2n) is 7.01. The molecule has 3 aromatic carbocycles. The Morgan fingerprint density at radius 1 is 0.724 bits per heavy atom. The highest BCUT2D eigenvalue weighted by molar-refractivity contribution is 6.08. The minimum Gasteiger partial charge on any atom is -0.497 e. The highest BCUT2D eigenvalue weighted by Crippen LogP contribution is 2.42. The second kappa shape index (κ2) is 9.66. The number of rotatable bonds is 9. The summed E-state index contributed by atoms with van der Waals surface area (Å²) in [6.45, 7) is 2.07. The van der Waals surface area contributed by atoms with Crippen molar-refractivity contribution in [2.45, 2.75) is 31.4 Å². The molecule has 0 amide bonds. The van der Waals surface area contributed by atoms with Gasteiger partial charge in [-0.1, -0.05) is 60.9 Å². The van der Waals surface area contributed by atoms with Crippen LogP contribution in [0, 0.1) is 0 Å². The van der Waals surface area contributed by atoms with Gasteiger partial charge >= 0.3 is 0 Å². The van der Waals surface area contributed by atoms with Crippen molar-refractivity contribution in [1.82, 2.24) is 0 Å². The van der Waals surface area contributed by atoms with E-state index in [1.54, 1.807) is 14.2 Å². The smallest absolute Gasteiger partial charge is 0.144 e. The zero-order valence-corrected chi connectivity index (χ0v) is 17.3. The number of hydrogen-bond donors (Lipinski definition) is 0. The monoisotopic (exact) mass is 386 g/mol. The Kier molecular flexibility index (Phi) is 7.00. The number of benzene rings is 3. The van der Waals surface area contributed by atoms with Crippen molar-refractivity contribution in [3.8, 4) is 11.5 Å². The van der Waals surface area contributed by atoms with E-state index >= 15 is 0 Å². The summed E-state index contributed by atoms with van der Waals surface area (Å²) in [5.74, 6) is 1.61. The summed E-state index contributed by atoms with van der Waals surface area (Å²) in [6, 6.07) is 26.4. The third-order valence-corrected chi connectivity index (χ3v) is 5.12. The van der Waals surface area contributed by atoms with Gasteiger partial charge in [-0.3, -0.25) is 0 Å². The molecule has 1 unspecified atom stereocenters. The third-order valence-electron chi connectivity index (χ3n) is 5.12. The van der Waals surface area contributed by atoms with Gasteiger partial charge in [-0.25, -0.2) is 0 Å². The van der Waals surface area contributed by atoms with Crippen LogP contribution in [-0.2, 0) is 10.3 Å². The molecular formula is C25H27BO3. The lowest BCUT2D eigenvalue weighted by Crippen LogP contribution is -2.36. The van der Waals surface area contributed by atoms with Crippen LogP contribution in [0.15, 0.2) is 78.9 Å². The summed E-state index contributed by atoms with van der Waals surface area (Å²) in [6.07, 6.45) is 1.29. The predicted octanol–water partition coefficient (Wildman–Crippen LogP) is 5.38. The first-order valence-corrected chi connectivity index (χ1v) is 9.86. The molecule has 1 atom stereocenters. The van der Waals surface area contributed by atoms with E-state index in [9.17, 15) is 0 Å². The van der Waals surface area contributed by atoms with Gasteiger partial charge in [0.25, 0.3) is 0 Å². The van der Waals surface area contributed by atoms with Gasteiger partial charge in [0.1, 0.15) is 17.1 Å². The zero-order chi connectivity index (χ0) is 20.7. The van der Waals surface area contributed by atoms with Crippen LogP contribution in [0.2, 0.25) is 6.32 Å². The van der Waals surface area contributed by atoms with E-state index in [-0.39, 0.29) is 6.10 Å². The van der Waals surface area contributed by atoms with Gasteiger partial charge in [0.2, 0.25) is 0 Å². The Morgan fingerprint density at radius 2 is 1.17 bits per heavy atom. The Hall–Kier alpha value is -2.72. The van der Waals surface area contributed by atoms with Crippen LogP contribution in [0.4, 0.5) is 0 Å². The van der Waals surface area contributed by atoms with E-state index in [0.717, 1.165) is 34.6 Å². The highest BCUT2D eigenvalue weighted by Gasteiger charge is 2.39. The van der Waals surface area contributed by atoms with Crippen LogP contribution in [-0.4, -0.2) is 28.2 Å². The van der Waals surface area contributed by atoms with Crippen LogP contribution in [0.25, 0.3) is 0 Å². The molecule has 29 heavy (non-hydrogen) atoms.